The molecule has 0 aromatic heterocycles. The zero-order valence-corrected chi connectivity index (χ0v) is 12.5. The normalized spacial score (nSPS) is 22.9. The fourth-order valence-electron chi connectivity index (χ4n) is 2.34. The highest BCUT2D eigenvalue weighted by Gasteiger charge is 2.25. The second kappa shape index (κ2) is 6.56. The van der Waals surface area contributed by atoms with Gasteiger partial charge in [0.25, 0.3) is 0 Å². The molecule has 1 aromatic carbocycles. The minimum absolute atomic E-state index is 0.0191. The molecule has 0 heterocycles. The van der Waals surface area contributed by atoms with Crippen LogP contribution < -0.4 is 15.2 Å². The molecule has 1 aliphatic rings. The predicted octanol–water partition coefficient (Wildman–Crippen LogP) is 1.17. The van der Waals surface area contributed by atoms with Gasteiger partial charge in [0.15, 0.2) is 0 Å². The van der Waals surface area contributed by atoms with E-state index in [1.807, 2.05) is 31.2 Å². The number of benzene rings is 1. The van der Waals surface area contributed by atoms with Gasteiger partial charge in [0.2, 0.25) is 10.0 Å². The molecule has 2 rings (SSSR count). The fourth-order valence-corrected chi connectivity index (χ4v) is 3.48. The number of sulfonamides is 1. The highest BCUT2D eigenvalue weighted by molar-refractivity contribution is 7.89. The molecule has 2 atom stereocenters. The maximum Gasteiger partial charge on any atom is 0.215 e. The van der Waals surface area contributed by atoms with Crippen molar-refractivity contribution in [3.8, 4) is 5.75 Å². The van der Waals surface area contributed by atoms with E-state index in [1.54, 1.807) is 0 Å². The molecule has 0 unspecified atom stereocenters. The van der Waals surface area contributed by atoms with Crippen LogP contribution in [0.4, 0.5) is 0 Å². The second-order valence-electron chi connectivity index (χ2n) is 5.37. The van der Waals surface area contributed by atoms with Gasteiger partial charge < -0.3 is 10.5 Å². The average molecular weight is 298 g/mol. The SMILES string of the molecule is Cc1ccc(OCCS(=O)(=O)N[C@@H]2CC[C@@H](N)C2)cc1. The van der Waals surface area contributed by atoms with Gasteiger partial charge in [0, 0.05) is 12.1 Å². The van der Waals surface area contributed by atoms with E-state index >= 15 is 0 Å². The summed E-state index contributed by atoms with van der Waals surface area (Å²) in [5.41, 5.74) is 6.92. The van der Waals surface area contributed by atoms with Crippen molar-refractivity contribution in [2.45, 2.75) is 38.3 Å². The van der Waals surface area contributed by atoms with Crippen LogP contribution in [0.1, 0.15) is 24.8 Å². The number of rotatable bonds is 6. The van der Waals surface area contributed by atoms with Crippen molar-refractivity contribution in [3.63, 3.8) is 0 Å². The van der Waals surface area contributed by atoms with Gasteiger partial charge in [-0.25, -0.2) is 13.1 Å². The first-order chi connectivity index (χ1) is 9.44. The summed E-state index contributed by atoms with van der Waals surface area (Å²) in [6.07, 6.45) is 2.42. The maximum atomic E-state index is 11.9. The van der Waals surface area contributed by atoms with Crippen molar-refractivity contribution >= 4 is 10.0 Å². The van der Waals surface area contributed by atoms with Crippen LogP contribution in [0.25, 0.3) is 0 Å². The summed E-state index contributed by atoms with van der Waals surface area (Å²) in [4.78, 5) is 0. The third kappa shape index (κ3) is 4.77. The molecule has 0 radical (unpaired) electrons. The number of ether oxygens (including phenoxy) is 1. The van der Waals surface area contributed by atoms with Crippen molar-refractivity contribution in [1.82, 2.24) is 4.72 Å². The Kier molecular flexibility index (Phi) is 5.01. The van der Waals surface area contributed by atoms with E-state index in [1.165, 1.54) is 0 Å². The van der Waals surface area contributed by atoms with E-state index in [4.69, 9.17) is 10.5 Å². The summed E-state index contributed by atoms with van der Waals surface area (Å²) in [5, 5.41) is 0. The van der Waals surface area contributed by atoms with Gasteiger partial charge in [-0.3, -0.25) is 0 Å². The minimum atomic E-state index is -3.30. The van der Waals surface area contributed by atoms with Gasteiger partial charge in [-0.1, -0.05) is 17.7 Å². The van der Waals surface area contributed by atoms with Crippen LogP contribution in [-0.4, -0.2) is 32.9 Å². The van der Waals surface area contributed by atoms with Crippen molar-refractivity contribution in [1.29, 1.82) is 0 Å². The Balaban J connectivity index is 1.76. The van der Waals surface area contributed by atoms with E-state index in [0.29, 0.717) is 5.75 Å². The summed E-state index contributed by atoms with van der Waals surface area (Å²) in [5.74, 6) is 0.653. The summed E-state index contributed by atoms with van der Waals surface area (Å²) in [6.45, 7) is 2.14. The number of nitrogens with one attached hydrogen (secondary N) is 1. The number of hydrogen-bond donors (Lipinski definition) is 2. The molecule has 0 bridgehead atoms. The van der Waals surface area contributed by atoms with Crippen LogP contribution in [0.3, 0.4) is 0 Å². The molecule has 5 nitrogen and oxygen atoms in total. The third-order valence-corrected chi connectivity index (χ3v) is 4.86. The summed E-state index contributed by atoms with van der Waals surface area (Å²) < 4.78 is 31.9. The fraction of sp³-hybridized carbons (Fsp3) is 0.571. The van der Waals surface area contributed by atoms with E-state index in [-0.39, 0.29) is 24.4 Å². The summed E-state index contributed by atoms with van der Waals surface area (Å²) >= 11 is 0. The van der Waals surface area contributed by atoms with E-state index in [2.05, 4.69) is 4.72 Å². The maximum absolute atomic E-state index is 11.9. The van der Waals surface area contributed by atoms with Gasteiger partial charge in [-0.05, 0) is 38.3 Å². The Hall–Kier alpha value is -1.11. The average Bonchev–Trinajstić information content (AvgIpc) is 2.76. The number of aryl methyl sites for hydroxylation is 1. The highest BCUT2D eigenvalue weighted by Crippen LogP contribution is 2.18. The molecule has 0 aliphatic heterocycles. The highest BCUT2D eigenvalue weighted by atomic mass is 32.2. The van der Waals surface area contributed by atoms with Crippen LogP contribution in [0.2, 0.25) is 0 Å². The lowest BCUT2D eigenvalue weighted by molar-refractivity contribution is 0.340. The monoisotopic (exact) mass is 298 g/mol. The predicted molar refractivity (Wildman–Crippen MR) is 79.2 cm³/mol. The van der Waals surface area contributed by atoms with Gasteiger partial charge in [-0.2, -0.15) is 0 Å². The van der Waals surface area contributed by atoms with Crippen LogP contribution in [0.5, 0.6) is 5.75 Å². The molecule has 3 N–H and O–H groups in total. The molecule has 1 aliphatic carbocycles. The van der Waals surface area contributed by atoms with Crippen LogP contribution in [0.15, 0.2) is 24.3 Å². The van der Waals surface area contributed by atoms with Gasteiger partial charge >= 0.3 is 0 Å². The molecule has 0 amide bonds. The van der Waals surface area contributed by atoms with Crippen molar-refractivity contribution in [3.05, 3.63) is 29.8 Å². The minimum Gasteiger partial charge on any atom is -0.492 e. The first kappa shape index (κ1) is 15.3. The molecule has 6 heteroatoms. The summed E-state index contributed by atoms with van der Waals surface area (Å²) in [6, 6.07) is 7.64. The largest absolute Gasteiger partial charge is 0.492 e. The Bertz CT molecular complexity index is 528. The van der Waals surface area contributed by atoms with Crippen molar-refractivity contribution in [2.24, 2.45) is 5.73 Å². The first-order valence-electron chi connectivity index (χ1n) is 6.90. The molecule has 0 spiro atoms. The lowest BCUT2D eigenvalue weighted by Crippen LogP contribution is -2.37. The number of nitrogens with two attached hydrogens (primary N) is 1. The smallest absolute Gasteiger partial charge is 0.215 e. The quantitative estimate of drug-likeness (QED) is 0.826. The van der Waals surface area contributed by atoms with Crippen molar-refractivity contribution in [2.75, 3.05) is 12.4 Å². The Morgan fingerprint density at radius 1 is 1.30 bits per heavy atom. The molecule has 0 saturated heterocycles. The lowest BCUT2D eigenvalue weighted by atomic mass is 10.2. The molecule has 112 valence electrons. The topological polar surface area (TPSA) is 81.4 Å². The molecule has 1 saturated carbocycles. The number of hydrogen-bond acceptors (Lipinski definition) is 4. The van der Waals surface area contributed by atoms with E-state index in [9.17, 15) is 8.42 Å². The first-order valence-corrected chi connectivity index (χ1v) is 8.55. The summed E-state index contributed by atoms with van der Waals surface area (Å²) in [7, 11) is -3.30. The van der Waals surface area contributed by atoms with E-state index in [0.717, 1.165) is 24.8 Å². The van der Waals surface area contributed by atoms with E-state index < -0.39 is 10.0 Å². The van der Waals surface area contributed by atoms with Crippen molar-refractivity contribution < 1.29 is 13.2 Å². The van der Waals surface area contributed by atoms with Gasteiger partial charge in [0.1, 0.15) is 12.4 Å². The molecular weight excluding hydrogens is 276 g/mol. The van der Waals surface area contributed by atoms with Gasteiger partial charge in [-0.15, -0.1) is 0 Å². The Labute approximate surface area is 120 Å². The second-order valence-corrected chi connectivity index (χ2v) is 7.24. The molecule has 1 aromatic rings. The van der Waals surface area contributed by atoms with Gasteiger partial charge in [0.05, 0.1) is 5.75 Å². The zero-order valence-electron chi connectivity index (χ0n) is 11.7. The van der Waals surface area contributed by atoms with Crippen LogP contribution in [-0.2, 0) is 10.0 Å². The Morgan fingerprint density at radius 2 is 2.00 bits per heavy atom. The molecular formula is C14H22N2O3S. The third-order valence-electron chi connectivity index (χ3n) is 3.46. The lowest BCUT2D eigenvalue weighted by Gasteiger charge is -2.13. The van der Waals surface area contributed by atoms with Crippen LogP contribution >= 0.6 is 0 Å². The van der Waals surface area contributed by atoms with Crippen LogP contribution in [0, 0.1) is 6.92 Å². The standard InChI is InChI=1S/C14H22N2O3S/c1-11-2-6-14(7-3-11)19-8-9-20(17,18)16-13-5-4-12(15)10-13/h2-3,6-7,12-13,16H,4-5,8-10,15H2,1H3/t12-,13-/m1/s1. The Morgan fingerprint density at radius 3 is 2.60 bits per heavy atom. The molecule has 20 heavy (non-hydrogen) atoms. The zero-order chi connectivity index (χ0) is 14.6. The molecule has 1 fully saturated rings.